The van der Waals surface area contributed by atoms with Gasteiger partial charge in [-0.1, -0.05) is 38.1 Å². The molecule has 0 aliphatic heterocycles. The second kappa shape index (κ2) is 6.79. The lowest BCUT2D eigenvalue weighted by atomic mass is 10.0. The highest BCUT2D eigenvalue weighted by atomic mass is 16.4. The predicted octanol–water partition coefficient (Wildman–Crippen LogP) is 2.29. The van der Waals surface area contributed by atoms with Crippen LogP contribution in [-0.4, -0.2) is 17.0 Å². The summed E-state index contributed by atoms with van der Waals surface area (Å²) in [5, 5.41) is 11.6. The lowest BCUT2D eigenvalue weighted by molar-refractivity contribution is -0.137. The van der Waals surface area contributed by atoms with Crippen LogP contribution in [0.4, 0.5) is 0 Å². The first-order valence-electron chi connectivity index (χ1n) is 6.16. The number of nitrogens with one attached hydrogen (secondary N) is 1. The van der Waals surface area contributed by atoms with E-state index >= 15 is 0 Å². The van der Waals surface area contributed by atoms with E-state index in [1.165, 1.54) is 5.56 Å². The molecule has 98 valence electrons. The number of amides is 1. The topological polar surface area (TPSA) is 66.4 Å². The fraction of sp³-hybridized carbons (Fsp3) is 0.429. The Kier molecular flexibility index (Phi) is 5.36. The largest absolute Gasteiger partial charge is 0.481 e. The van der Waals surface area contributed by atoms with E-state index in [-0.39, 0.29) is 12.3 Å². The summed E-state index contributed by atoms with van der Waals surface area (Å²) >= 11 is 0. The third-order valence-electron chi connectivity index (χ3n) is 2.83. The molecule has 1 aromatic carbocycles. The Bertz CT molecular complexity index is 412. The first kappa shape index (κ1) is 14.2. The zero-order valence-electron chi connectivity index (χ0n) is 10.8. The molecule has 0 radical (unpaired) electrons. The molecule has 1 rings (SSSR count). The van der Waals surface area contributed by atoms with Gasteiger partial charge < -0.3 is 10.4 Å². The van der Waals surface area contributed by atoms with Crippen molar-refractivity contribution in [3.63, 3.8) is 0 Å². The number of carboxylic acid groups (broad SMARTS) is 1. The summed E-state index contributed by atoms with van der Waals surface area (Å²) in [7, 11) is 0. The Balaban J connectivity index is 2.86. The summed E-state index contributed by atoms with van der Waals surface area (Å²) < 4.78 is 0. The highest BCUT2D eigenvalue weighted by molar-refractivity contribution is 5.77. The maximum absolute atomic E-state index is 11.4. The van der Waals surface area contributed by atoms with Gasteiger partial charge in [0, 0.05) is 6.42 Å². The lowest BCUT2D eigenvalue weighted by Gasteiger charge is -2.17. The summed E-state index contributed by atoms with van der Waals surface area (Å²) in [6, 6.07) is 7.22. The van der Waals surface area contributed by atoms with Crippen molar-refractivity contribution in [3.8, 4) is 0 Å². The molecule has 1 unspecified atom stereocenters. The Morgan fingerprint density at radius 1 is 1.22 bits per heavy atom. The van der Waals surface area contributed by atoms with Crippen LogP contribution >= 0.6 is 0 Å². The smallest absolute Gasteiger partial charge is 0.305 e. The van der Waals surface area contributed by atoms with Gasteiger partial charge in [0.25, 0.3) is 0 Å². The number of carboxylic acids is 1. The van der Waals surface area contributed by atoms with E-state index in [0.29, 0.717) is 6.42 Å². The average Bonchev–Trinajstić information content (AvgIpc) is 2.37. The molecule has 0 fully saturated rings. The number of aliphatic carboxylic acids is 1. The van der Waals surface area contributed by atoms with Crippen molar-refractivity contribution in [1.29, 1.82) is 0 Å². The van der Waals surface area contributed by atoms with E-state index in [0.717, 1.165) is 12.0 Å². The van der Waals surface area contributed by atoms with Crippen LogP contribution in [0.2, 0.25) is 0 Å². The van der Waals surface area contributed by atoms with Crippen molar-refractivity contribution in [2.24, 2.45) is 0 Å². The van der Waals surface area contributed by atoms with Crippen molar-refractivity contribution < 1.29 is 14.7 Å². The molecule has 0 heterocycles. The minimum atomic E-state index is -0.920. The van der Waals surface area contributed by atoms with Crippen molar-refractivity contribution in [2.75, 3.05) is 0 Å². The fourth-order valence-corrected chi connectivity index (χ4v) is 1.71. The number of rotatable bonds is 6. The Hall–Kier alpha value is -1.84. The van der Waals surface area contributed by atoms with Gasteiger partial charge in [-0.3, -0.25) is 9.59 Å². The van der Waals surface area contributed by atoms with Gasteiger partial charge in [0.1, 0.15) is 0 Å². The molecule has 1 atom stereocenters. The van der Waals surface area contributed by atoms with Crippen molar-refractivity contribution in [3.05, 3.63) is 35.4 Å². The third-order valence-corrected chi connectivity index (χ3v) is 2.83. The van der Waals surface area contributed by atoms with Gasteiger partial charge in [0.15, 0.2) is 0 Å². The van der Waals surface area contributed by atoms with Crippen LogP contribution in [0.1, 0.15) is 43.9 Å². The van der Waals surface area contributed by atoms with Crippen LogP contribution < -0.4 is 5.32 Å². The second-order valence-electron chi connectivity index (χ2n) is 4.17. The molecule has 1 aromatic rings. The van der Waals surface area contributed by atoms with Gasteiger partial charge in [-0.2, -0.15) is 0 Å². The molecule has 0 saturated carbocycles. The molecule has 0 aliphatic rings. The summed E-state index contributed by atoms with van der Waals surface area (Å²) in [5.74, 6) is -1.06. The van der Waals surface area contributed by atoms with E-state index in [1.807, 2.05) is 24.3 Å². The molecule has 1 amide bonds. The number of hydrogen-bond donors (Lipinski definition) is 2. The minimum absolute atomic E-state index is 0.1000. The second-order valence-corrected chi connectivity index (χ2v) is 4.17. The van der Waals surface area contributed by atoms with Gasteiger partial charge in [-0.25, -0.2) is 0 Å². The first-order valence-corrected chi connectivity index (χ1v) is 6.16. The first-order chi connectivity index (χ1) is 8.56. The maximum Gasteiger partial charge on any atom is 0.305 e. The van der Waals surface area contributed by atoms with E-state index in [9.17, 15) is 9.59 Å². The van der Waals surface area contributed by atoms with E-state index < -0.39 is 12.0 Å². The van der Waals surface area contributed by atoms with E-state index in [2.05, 4.69) is 12.2 Å². The van der Waals surface area contributed by atoms with Gasteiger partial charge in [0.05, 0.1) is 12.5 Å². The summed E-state index contributed by atoms with van der Waals surface area (Å²) in [5.41, 5.74) is 2.02. The van der Waals surface area contributed by atoms with Gasteiger partial charge in [-0.15, -0.1) is 0 Å². The van der Waals surface area contributed by atoms with E-state index in [1.54, 1.807) is 6.92 Å². The SMILES string of the molecule is CCC(=O)NC(CC(=O)O)c1ccc(CC)cc1. The van der Waals surface area contributed by atoms with Crippen LogP contribution in [0.15, 0.2) is 24.3 Å². The van der Waals surface area contributed by atoms with Crippen LogP contribution in [-0.2, 0) is 16.0 Å². The molecule has 0 bridgehead atoms. The number of hydrogen-bond acceptors (Lipinski definition) is 2. The van der Waals surface area contributed by atoms with Gasteiger partial charge >= 0.3 is 5.97 Å². The Morgan fingerprint density at radius 3 is 2.28 bits per heavy atom. The van der Waals surface area contributed by atoms with Crippen molar-refractivity contribution in [1.82, 2.24) is 5.32 Å². The minimum Gasteiger partial charge on any atom is -0.481 e. The van der Waals surface area contributed by atoms with Crippen LogP contribution in [0, 0.1) is 0 Å². The maximum atomic E-state index is 11.4. The fourth-order valence-electron chi connectivity index (χ4n) is 1.71. The highest BCUT2D eigenvalue weighted by Crippen LogP contribution is 2.18. The number of carbonyl (C=O) groups is 2. The number of carbonyl (C=O) groups excluding carboxylic acids is 1. The standard InChI is InChI=1S/C14H19NO3/c1-3-10-5-7-11(8-6-10)12(9-14(17)18)15-13(16)4-2/h5-8,12H,3-4,9H2,1-2H3,(H,15,16)(H,17,18). The molecule has 2 N–H and O–H groups in total. The van der Waals surface area contributed by atoms with Crippen LogP contribution in [0.25, 0.3) is 0 Å². The molecular formula is C14H19NO3. The molecule has 0 spiro atoms. The molecule has 0 saturated heterocycles. The summed E-state index contributed by atoms with van der Waals surface area (Å²) in [6.45, 7) is 3.80. The predicted molar refractivity (Wildman–Crippen MR) is 69.2 cm³/mol. The molecule has 0 aromatic heterocycles. The normalized spacial score (nSPS) is 11.9. The molecule has 4 heteroatoms. The van der Waals surface area contributed by atoms with Crippen molar-refractivity contribution in [2.45, 2.75) is 39.2 Å². The summed E-state index contributed by atoms with van der Waals surface area (Å²) in [4.78, 5) is 22.2. The van der Waals surface area contributed by atoms with Gasteiger partial charge in [-0.05, 0) is 17.5 Å². The van der Waals surface area contributed by atoms with Crippen molar-refractivity contribution >= 4 is 11.9 Å². The zero-order chi connectivity index (χ0) is 13.5. The van der Waals surface area contributed by atoms with Gasteiger partial charge in [0.2, 0.25) is 5.91 Å². The molecular weight excluding hydrogens is 230 g/mol. The zero-order valence-corrected chi connectivity index (χ0v) is 10.8. The molecule has 0 aliphatic carbocycles. The molecule has 4 nitrogen and oxygen atoms in total. The van der Waals surface area contributed by atoms with Crippen LogP contribution in [0.5, 0.6) is 0 Å². The molecule has 18 heavy (non-hydrogen) atoms. The van der Waals surface area contributed by atoms with Crippen LogP contribution in [0.3, 0.4) is 0 Å². The Morgan fingerprint density at radius 2 is 1.83 bits per heavy atom. The highest BCUT2D eigenvalue weighted by Gasteiger charge is 2.17. The third kappa shape index (κ3) is 4.20. The Labute approximate surface area is 107 Å². The number of aryl methyl sites for hydroxylation is 1. The monoisotopic (exact) mass is 249 g/mol. The average molecular weight is 249 g/mol. The number of benzene rings is 1. The lowest BCUT2D eigenvalue weighted by Crippen LogP contribution is -2.29. The van der Waals surface area contributed by atoms with E-state index in [4.69, 9.17) is 5.11 Å². The summed E-state index contributed by atoms with van der Waals surface area (Å²) in [6.07, 6.45) is 1.19. The quantitative estimate of drug-likeness (QED) is 0.813.